The lowest BCUT2D eigenvalue weighted by atomic mass is 9.84. The summed E-state index contributed by atoms with van der Waals surface area (Å²) in [6.07, 6.45) is 9.18. The van der Waals surface area contributed by atoms with Crippen LogP contribution in [0.2, 0.25) is 0 Å². The van der Waals surface area contributed by atoms with Gasteiger partial charge in [-0.2, -0.15) is 0 Å². The Morgan fingerprint density at radius 1 is 1.03 bits per heavy atom. The summed E-state index contributed by atoms with van der Waals surface area (Å²) in [6, 6.07) is 0.254. The van der Waals surface area contributed by atoms with Crippen LogP contribution in [0.5, 0.6) is 0 Å². The van der Waals surface area contributed by atoms with E-state index >= 15 is 0 Å². The normalized spacial score (nSPS) is 31.0. The topological polar surface area (TPSA) is 70.9 Å². The molecule has 0 unspecified atom stereocenters. The van der Waals surface area contributed by atoms with Gasteiger partial charge in [0.25, 0.3) is 0 Å². The van der Waals surface area contributed by atoms with Crippen molar-refractivity contribution in [1.29, 1.82) is 0 Å². The Morgan fingerprint density at radius 2 is 1.68 bits per heavy atom. The highest BCUT2D eigenvalue weighted by Gasteiger charge is 2.51. The fourth-order valence-electron chi connectivity index (χ4n) is 6.11. The van der Waals surface area contributed by atoms with Crippen molar-refractivity contribution in [2.45, 2.75) is 57.2 Å². The highest BCUT2D eigenvalue weighted by Crippen LogP contribution is 2.42. The second kappa shape index (κ2) is 8.90. The first kappa shape index (κ1) is 20.9. The zero-order chi connectivity index (χ0) is 21.4. The molecule has 4 fully saturated rings. The van der Waals surface area contributed by atoms with E-state index in [0.717, 1.165) is 70.8 Å². The third kappa shape index (κ3) is 4.24. The third-order valence-corrected chi connectivity index (χ3v) is 7.83. The fraction of sp³-hybridized carbons (Fsp3) is 0.783. The van der Waals surface area contributed by atoms with Gasteiger partial charge >= 0.3 is 0 Å². The number of nitrogens with zero attached hydrogens (tertiary/aromatic N) is 5. The lowest BCUT2D eigenvalue weighted by Crippen LogP contribution is -2.37. The van der Waals surface area contributed by atoms with E-state index in [1.165, 1.54) is 0 Å². The Kier molecular flexibility index (Phi) is 6.01. The molecule has 4 atom stereocenters. The smallest absolute Gasteiger partial charge is 0.225 e. The molecule has 2 amide bonds. The Balaban J connectivity index is 1.31. The van der Waals surface area contributed by atoms with Crippen LogP contribution in [0.15, 0.2) is 12.4 Å². The number of aromatic nitrogens is 2. The molecule has 170 valence electrons. The molecule has 5 rings (SSSR count). The summed E-state index contributed by atoms with van der Waals surface area (Å²) in [6.45, 7) is 5.81. The first-order valence-electron chi connectivity index (χ1n) is 12.0. The number of fused-ring (bicyclic) bond motifs is 1. The standard InChI is InChI=1S/C23H35N5O3/c1-25-11-6-24-20(25)15-28-14-17(12-21(29)26-7-2-3-8-26)23-18(28)16-31-19(23)13-22(30)27-9-4-5-10-27/h6,11,17-19,23H,2-5,7-10,12-16H2,1H3/t17-,18-,19+,23-/m1/s1. The second-order valence-corrected chi connectivity index (χ2v) is 9.74. The molecule has 1 aromatic rings. The first-order valence-corrected chi connectivity index (χ1v) is 12.0. The molecule has 0 aliphatic carbocycles. The zero-order valence-corrected chi connectivity index (χ0v) is 18.6. The van der Waals surface area contributed by atoms with E-state index in [2.05, 4.69) is 14.5 Å². The van der Waals surface area contributed by atoms with E-state index in [0.29, 0.717) is 19.4 Å². The summed E-state index contributed by atoms with van der Waals surface area (Å²) in [5.74, 6) is 1.99. The highest BCUT2D eigenvalue weighted by molar-refractivity contribution is 5.78. The number of amides is 2. The minimum Gasteiger partial charge on any atom is -0.376 e. The van der Waals surface area contributed by atoms with E-state index in [1.807, 2.05) is 29.2 Å². The number of ether oxygens (including phenoxy) is 1. The van der Waals surface area contributed by atoms with E-state index < -0.39 is 0 Å². The summed E-state index contributed by atoms with van der Waals surface area (Å²) in [5, 5.41) is 0. The molecule has 0 aromatic carbocycles. The van der Waals surface area contributed by atoms with Crippen molar-refractivity contribution >= 4 is 11.8 Å². The minimum absolute atomic E-state index is 0.0825. The molecule has 0 bridgehead atoms. The Hall–Kier alpha value is -1.93. The van der Waals surface area contributed by atoms with Crippen LogP contribution in [0, 0.1) is 11.8 Å². The van der Waals surface area contributed by atoms with Crippen LogP contribution in [0.3, 0.4) is 0 Å². The monoisotopic (exact) mass is 429 g/mol. The van der Waals surface area contributed by atoms with Crippen molar-refractivity contribution in [2.75, 3.05) is 39.3 Å². The van der Waals surface area contributed by atoms with Crippen molar-refractivity contribution in [3.63, 3.8) is 0 Å². The summed E-state index contributed by atoms with van der Waals surface area (Å²) >= 11 is 0. The molecular formula is C23H35N5O3. The van der Waals surface area contributed by atoms with Crippen molar-refractivity contribution in [1.82, 2.24) is 24.3 Å². The molecule has 8 nitrogen and oxygen atoms in total. The van der Waals surface area contributed by atoms with Gasteiger partial charge in [0.2, 0.25) is 11.8 Å². The van der Waals surface area contributed by atoms with Gasteiger partial charge in [-0.15, -0.1) is 0 Å². The third-order valence-electron chi connectivity index (χ3n) is 7.83. The molecule has 4 saturated heterocycles. The van der Waals surface area contributed by atoms with Gasteiger partial charge in [-0.25, -0.2) is 4.98 Å². The van der Waals surface area contributed by atoms with Crippen LogP contribution < -0.4 is 0 Å². The molecule has 4 aliphatic heterocycles. The number of rotatable bonds is 6. The number of hydrogen-bond acceptors (Lipinski definition) is 5. The summed E-state index contributed by atoms with van der Waals surface area (Å²) in [4.78, 5) is 36.8. The van der Waals surface area contributed by atoms with Gasteiger partial charge in [-0.1, -0.05) is 0 Å². The van der Waals surface area contributed by atoms with E-state index in [-0.39, 0.29) is 35.8 Å². The van der Waals surface area contributed by atoms with Crippen LogP contribution in [0.25, 0.3) is 0 Å². The largest absolute Gasteiger partial charge is 0.376 e. The van der Waals surface area contributed by atoms with Crippen LogP contribution in [0.1, 0.15) is 44.3 Å². The van der Waals surface area contributed by atoms with E-state index in [9.17, 15) is 9.59 Å². The van der Waals surface area contributed by atoms with Crippen molar-refractivity contribution in [3.8, 4) is 0 Å². The van der Waals surface area contributed by atoms with Crippen LogP contribution in [-0.4, -0.2) is 87.5 Å². The molecule has 1 aromatic heterocycles. The first-order chi connectivity index (χ1) is 15.1. The highest BCUT2D eigenvalue weighted by atomic mass is 16.5. The molecular weight excluding hydrogens is 394 g/mol. The SMILES string of the molecule is Cn1ccnc1CN1C[C@@H](CC(=O)N2CCCC2)[C@H]2[C@H](CC(=O)N3CCCC3)OC[C@H]21. The van der Waals surface area contributed by atoms with Gasteiger partial charge in [0.15, 0.2) is 0 Å². The predicted octanol–water partition coefficient (Wildman–Crippen LogP) is 1.26. The molecule has 31 heavy (non-hydrogen) atoms. The molecule has 0 radical (unpaired) electrons. The fourth-order valence-corrected chi connectivity index (χ4v) is 6.11. The molecule has 0 spiro atoms. The average Bonchev–Trinajstić information content (AvgIpc) is 3.56. The van der Waals surface area contributed by atoms with Gasteiger partial charge in [-0.3, -0.25) is 14.5 Å². The number of hydrogen-bond donors (Lipinski definition) is 0. The van der Waals surface area contributed by atoms with Gasteiger partial charge in [-0.05, 0) is 31.6 Å². The summed E-state index contributed by atoms with van der Waals surface area (Å²) in [5.41, 5.74) is 0. The van der Waals surface area contributed by atoms with E-state index in [1.54, 1.807) is 0 Å². The Labute approximate surface area is 184 Å². The molecule has 0 saturated carbocycles. The minimum atomic E-state index is -0.0825. The maximum Gasteiger partial charge on any atom is 0.225 e. The van der Waals surface area contributed by atoms with Crippen LogP contribution in [0.4, 0.5) is 0 Å². The molecule has 4 aliphatic rings. The van der Waals surface area contributed by atoms with Gasteiger partial charge in [0.05, 0.1) is 25.7 Å². The number of aryl methyl sites for hydroxylation is 1. The van der Waals surface area contributed by atoms with Crippen molar-refractivity contribution in [3.05, 3.63) is 18.2 Å². The zero-order valence-electron chi connectivity index (χ0n) is 18.6. The number of carbonyl (C=O) groups is 2. The quantitative estimate of drug-likeness (QED) is 0.681. The maximum absolute atomic E-state index is 13.0. The molecule has 0 N–H and O–H groups in total. The van der Waals surface area contributed by atoms with Gasteiger partial charge in [0, 0.05) is 70.5 Å². The number of likely N-dealkylation sites (tertiary alicyclic amines) is 3. The predicted molar refractivity (Wildman–Crippen MR) is 115 cm³/mol. The summed E-state index contributed by atoms with van der Waals surface area (Å²) in [7, 11) is 2.02. The Bertz CT molecular complexity index is 799. The molecule has 5 heterocycles. The lowest BCUT2D eigenvalue weighted by molar-refractivity contribution is -0.133. The second-order valence-electron chi connectivity index (χ2n) is 9.74. The lowest BCUT2D eigenvalue weighted by Gasteiger charge is -2.26. The van der Waals surface area contributed by atoms with Gasteiger partial charge in [0.1, 0.15) is 5.82 Å². The van der Waals surface area contributed by atoms with Gasteiger partial charge < -0.3 is 19.1 Å². The maximum atomic E-state index is 13.0. The van der Waals surface area contributed by atoms with Crippen molar-refractivity contribution in [2.24, 2.45) is 18.9 Å². The van der Waals surface area contributed by atoms with Crippen LogP contribution in [-0.2, 0) is 27.9 Å². The van der Waals surface area contributed by atoms with Crippen molar-refractivity contribution < 1.29 is 14.3 Å². The number of carbonyl (C=O) groups excluding carboxylic acids is 2. The average molecular weight is 430 g/mol. The number of imidazole rings is 1. The van der Waals surface area contributed by atoms with E-state index in [4.69, 9.17) is 4.74 Å². The summed E-state index contributed by atoms with van der Waals surface area (Å²) < 4.78 is 8.28. The Morgan fingerprint density at radius 3 is 2.29 bits per heavy atom. The molecule has 8 heteroatoms. The van der Waals surface area contributed by atoms with Crippen LogP contribution >= 0.6 is 0 Å².